The van der Waals surface area contributed by atoms with Gasteiger partial charge in [0.2, 0.25) is 0 Å². The summed E-state index contributed by atoms with van der Waals surface area (Å²) < 4.78 is 19.6. The number of halogens is 1. The summed E-state index contributed by atoms with van der Waals surface area (Å²) in [6.07, 6.45) is 2.65. The normalized spacial score (nSPS) is 22.7. The van der Waals surface area contributed by atoms with Crippen molar-refractivity contribution < 1.29 is 9.13 Å². The van der Waals surface area contributed by atoms with Crippen LogP contribution >= 0.6 is 0 Å². The quantitative estimate of drug-likeness (QED) is 0.863. The van der Waals surface area contributed by atoms with E-state index in [1.807, 2.05) is 12.1 Å². The molecule has 4 nitrogen and oxygen atoms in total. The smallest absolute Gasteiger partial charge is 0.146 e. The molecule has 1 aromatic rings. The Balaban J connectivity index is 1.57. The third kappa shape index (κ3) is 3.93. The molecular formula is C16H24FN3O. The first-order valence-corrected chi connectivity index (χ1v) is 7.89. The van der Waals surface area contributed by atoms with E-state index in [1.54, 1.807) is 6.07 Å². The summed E-state index contributed by atoms with van der Waals surface area (Å²) in [4.78, 5) is 2.12. The molecule has 2 fully saturated rings. The van der Waals surface area contributed by atoms with Gasteiger partial charge in [-0.05, 0) is 30.5 Å². The second-order valence-corrected chi connectivity index (χ2v) is 5.79. The van der Waals surface area contributed by atoms with E-state index >= 15 is 0 Å². The van der Waals surface area contributed by atoms with Crippen LogP contribution in [0.5, 0.6) is 0 Å². The number of hydrogen-bond donors (Lipinski definition) is 2. The van der Waals surface area contributed by atoms with Crippen LogP contribution in [0.2, 0.25) is 0 Å². The molecule has 2 aliphatic rings. The van der Waals surface area contributed by atoms with Crippen molar-refractivity contribution in [2.45, 2.75) is 25.5 Å². The van der Waals surface area contributed by atoms with E-state index in [1.165, 1.54) is 0 Å². The van der Waals surface area contributed by atoms with E-state index in [2.05, 4.69) is 15.5 Å². The van der Waals surface area contributed by atoms with Gasteiger partial charge in [-0.2, -0.15) is 0 Å². The molecule has 0 radical (unpaired) electrons. The summed E-state index contributed by atoms with van der Waals surface area (Å²) in [5, 5.41) is 6.71. The molecule has 2 aliphatic heterocycles. The summed E-state index contributed by atoms with van der Waals surface area (Å²) in [7, 11) is 0. The number of hydrogen-bond acceptors (Lipinski definition) is 4. The number of rotatable bonds is 5. The summed E-state index contributed by atoms with van der Waals surface area (Å²) in [6.45, 7) is 6.09. The third-order valence-corrected chi connectivity index (χ3v) is 4.19. The lowest BCUT2D eigenvalue weighted by atomic mass is 10.1. The first-order valence-electron chi connectivity index (χ1n) is 7.89. The minimum absolute atomic E-state index is 0.125. The number of anilines is 1. The first kappa shape index (κ1) is 14.8. The summed E-state index contributed by atoms with van der Waals surface area (Å²) >= 11 is 0. The van der Waals surface area contributed by atoms with E-state index < -0.39 is 0 Å². The summed E-state index contributed by atoms with van der Waals surface area (Å²) in [5.74, 6) is -0.125. The SMILES string of the molecule is Fc1ccc(CNCC2CCCO2)cc1N1CCNCC1. The fourth-order valence-electron chi connectivity index (χ4n) is 3.00. The number of ether oxygens (including phenoxy) is 1. The predicted octanol–water partition coefficient (Wildman–Crippen LogP) is 1.50. The van der Waals surface area contributed by atoms with Crippen molar-refractivity contribution in [2.24, 2.45) is 0 Å². The minimum Gasteiger partial charge on any atom is -0.377 e. The monoisotopic (exact) mass is 293 g/mol. The fourth-order valence-corrected chi connectivity index (χ4v) is 3.00. The Morgan fingerprint density at radius 2 is 2.19 bits per heavy atom. The van der Waals surface area contributed by atoms with Gasteiger partial charge in [-0.3, -0.25) is 0 Å². The molecule has 2 heterocycles. The third-order valence-electron chi connectivity index (χ3n) is 4.19. The van der Waals surface area contributed by atoms with Gasteiger partial charge in [0.05, 0.1) is 11.8 Å². The maximum absolute atomic E-state index is 14.0. The van der Waals surface area contributed by atoms with Crippen LogP contribution in [0.1, 0.15) is 18.4 Å². The zero-order chi connectivity index (χ0) is 14.5. The molecule has 0 aromatic heterocycles. The predicted molar refractivity (Wildman–Crippen MR) is 82.2 cm³/mol. The molecule has 0 saturated carbocycles. The minimum atomic E-state index is -0.125. The largest absolute Gasteiger partial charge is 0.377 e. The zero-order valence-electron chi connectivity index (χ0n) is 12.4. The van der Waals surface area contributed by atoms with Crippen molar-refractivity contribution in [1.82, 2.24) is 10.6 Å². The lowest BCUT2D eigenvalue weighted by Crippen LogP contribution is -2.43. The molecule has 1 aromatic carbocycles. The fraction of sp³-hybridized carbons (Fsp3) is 0.625. The zero-order valence-corrected chi connectivity index (χ0v) is 12.4. The standard InChI is InChI=1S/C16H24FN3O/c17-15-4-3-13(11-19-12-14-2-1-9-21-14)10-16(15)20-7-5-18-6-8-20/h3-4,10,14,18-19H,1-2,5-9,11-12H2. The number of benzene rings is 1. The number of nitrogens with one attached hydrogen (secondary N) is 2. The van der Waals surface area contributed by atoms with Crippen molar-refractivity contribution >= 4 is 5.69 Å². The Morgan fingerprint density at radius 1 is 1.33 bits per heavy atom. The van der Waals surface area contributed by atoms with Crippen LogP contribution in [0.3, 0.4) is 0 Å². The maximum atomic E-state index is 14.0. The lowest BCUT2D eigenvalue weighted by Gasteiger charge is -2.30. The van der Waals surface area contributed by atoms with Crippen molar-refractivity contribution in [2.75, 3.05) is 44.2 Å². The molecule has 1 unspecified atom stereocenters. The van der Waals surface area contributed by atoms with Crippen molar-refractivity contribution in [1.29, 1.82) is 0 Å². The molecule has 3 rings (SSSR count). The van der Waals surface area contributed by atoms with Gasteiger partial charge in [-0.25, -0.2) is 4.39 Å². The lowest BCUT2D eigenvalue weighted by molar-refractivity contribution is 0.110. The summed E-state index contributed by atoms with van der Waals surface area (Å²) in [5.41, 5.74) is 1.86. The van der Waals surface area contributed by atoms with E-state index in [0.717, 1.165) is 70.0 Å². The highest BCUT2D eigenvalue weighted by Crippen LogP contribution is 2.21. The molecular weight excluding hydrogens is 269 g/mol. The molecule has 5 heteroatoms. The second kappa shape index (κ2) is 7.20. The van der Waals surface area contributed by atoms with Crippen LogP contribution in [0.15, 0.2) is 18.2 Å². The van der Waals surface area contributed by atoms with Gasteiger partial charge in [0.1, 0.15) is 5.82 Å². The van der Waals surface area contributed by atoms with Crippen molar-refractivity contribution in [3.05, 3.63) is 29.6 Å². The number of piperazine rings is 1. The molecule has 2 saturated heterocycles. The van der Waals surface area contributed by atoms with Gasteiger partial charge < -0.3 is 20.3 Å². The Morgan fingerprint density at radius 3 is 2.95 bits per heavy atom. The molecule has 116 valence electrons. The summed E-state index contributed by atoms with van der Waals surface area (Å²) in [6, 6.07) is 5.42. The van der Waals surface area contributed by atoms with Crippen molar-refractivity contribution in [3.63, 3.8) is 0 Å². The molecule has 0 spiro atoms. The molecule has 0 amide bonds. The highest BCUT2D eigenvalue weighted by atomic mass is 19.1. The van der Waals surface area contributed by atoms with Gasteiger partial charge in [0, 0.05) is 45.9 Å². The van der Waals surface area contributed by atoms with Crippen molar-refractivity contribution in [3.8, 4) is 0 Å². The van der Waals surface area contributed by atoms with Gasteiger partial charge in [-0.1, -0.05) is 6.07 Å². The number of nitrogens with zero attached hydrogens (tertiary/aromatic N) is 1. The Bertz CT molecular complexity index is 457. The highest BCUT2D eigenvalue weighted by Gasteiger charge is 2.16. The van der Waals surface area contributed by atoms with Crippen LogP contribution in [0.25, 0.3) is 0 Å². The topological polar surface area (TPSA) is 36.5 Å². The van der Waals surface area contributed by atoms with Crippen LogP contribution in [0, 0.1) is 5.82 Å². The van der Waals surface area contributed by atoms with Crippen LogP contribution in [-0.4, -0.2) is 45.4 Å². The van der Waals surface area contributed by atoms with E-state index in [4.69, 9.17) is 4.74 Å². The Kier molecular flexibility index (Phi) is 5.06. The van der Waals surface area contributed by atoms with E-state index in [9.17, 15) is 4.39 Å². The van der Waals surface area contributed by atoms with Gasteiger partial charge in [0.15, 0.2) is 0 Å². The maximum Gasteiger partial charge on any atom is 0.146 e. The van der Waals surface area contributed by atoms with E-state index in [-0.39, 0.29) is 5.82 Å². The Hall–Kier alpha value is -1.17. The second-order valence-electron chi connectivity index (χ2n) is 5.79. The average molecular weight is 293 g/mol. The molecule has 0 aliphatic carbocycles. The van der Waals surface area contributed by atoms with Gasteiger partial charge >= 0.3 is 0 Å². The van der Waals surface area contributed by atoms with Crippen LogP contribution in [0.4, 0.5) is 10.1 Å². The van der Waals surface area contributed by atoms with E-state index in [0.29, 0.717) is 6.10 Å². The van der Waals surface area contributed by atoms with Gasteiger partial charge in [-0.15, -0.1) is 0 Å². The molecule has 21 heavy (non-hydrogen) atoms. The highest BCUT2D eigenvalue weighted by molar-refractivity contribution is 5.50. The molecule has 0 bridgehead atoms. The average Bonchev–Trinajstić information content (AvgIpc) is 3.03. The molecule has 2 N–H and O–H groups in total. The van der Waals surface area contributed by atoms with Gasteiger partial charge in [0.25, 0.3) is 0 Å². The Labute approximate surface area is 125 Å². The molecule has 1 atom stereocenters. The van der Waals surface area contributed by atoms with Crippen LogP contribution < -0.4 is 15.5 Å². The first-order chi connectivity index (χ1) is 10.3. The van der Waals surface area contributed by atoms with Crippen LogP contribution in [-0.2, 0) is 11.3 Å².